The summed E-state index contributed by atoms with van der Waals surface area (Å²) in [4.78, 5) is 15.3. The third kappa shape index (κ3) is 2.71. The lowest BCUT2D eigenvalue weighted by atomic mass is 9.96. The molecule has 0 atom stereocenters. The van der Waals surface area contributed by atoms with Gasteiger partial charge in [-0.15, -0.1) is 0 Å². The van der Waals surface area contributed by atoms with E-state index in [2.05, 4.69) is 45.1 Å². The van der Waals surface area contributed by atoms with Gasteiger partial charge in [0.15, 0.2) is 0 Å². The van der Waals surface area contributed by atoms with Crippen molar-refractivity contribution in [1.82, 2.24) is 15.0 Å². The van der Waals surface area contributed by atoms with Crippen LogP contribution in [0.15, 0.2) is 36.8 Å². The van der Waals surface area contributed by atoms with Crippen molar-refractivity contribution in [2.75, 3.05) is 23.3 Å². The molecule has 1 aliphatic heterocycles. The van der Waals surface area contributed by atoms with Crippen LogP contribution >= 0.6 is 0 Å². The molecule has 0 amide bonds. The molecule has 5 heteroatoms. The molecule has 1 fully saturated rings. The Labute approximate surface area is 119 Å². The van der Waals surface area contributed by atoms with Gasteiger partial charge in [-0.2, -0.15) is 0 Å². The average molecular weight is 269 g/mol. The summed E-state index contributed by atoms with van der Waals surface area (Å²) in [6, 6.07) is 8.46. The molecule has 0 aliphatic carbocycles. The normalized spacial score (nSPS) is 15.2. The van der Waals surface area contributed by atoms with Crippen molar-refractivity contribution in [2.24, 2.45) is 0 Å². The minimum atomic E-state index is 0.371. The summed E-state index contributed by atoms with van der Waals surface area (Å²) in [5, 5.41) is 3.30. The summed E-state index contributed by atoms with van der Waals surface area (Å²) in [5.41, 5.74) is 1.17. The molecular formula is C15H19N5. The van der Waals surface area contributed by atoms with E-state index in [1.807, 2.05) is 24.4 Å². The highest BCUT2D eigenvalue weighted by molar-refractivity contribution is 5.51. The summed E-state index contributed by atoms with van der Waals surface area (Å²) in [7, 11) is 0. The van der Waals surface area contributed by atoms with E-state index in [4.69, 9.17) is 0 Å². The van der Waals surface area contributed by atoms with Crippen molar-refractivity contribution in [3.8, 4) is 0 Å². The molecule has 5 nitrogen and oxygen atoms in total. The molecule has 3 rings (SSSR count). The van der Waals surface area contributed by atoms with Crippen LogP contribution in [0, 0.1) is 0 Å². The Bertz CT molecular complexity index is 563. The second-order valence-electron chi connectivity index (χ2n) is 5.42. The first kappa shape index (κ1) is 12.8. The fraction of sp³-hybridized carbons (Fsp3) is 0.400. The first-order chi connectivity index (χ1) is 9.72. The van der Waals surface area contributed by atoms with Crippen molar-refractivity contribution in [3.63, 3.8) is 0 Å². The first-order valence-electron chi connectivity index (χ1n) is 6.97. The van der Waals surface area contributed by atoms with Crippen LogP contribution in [0.3, 0.4) is 0 Å². The summed E-state index contributed by atoms with van der Waals surface area (Å²) in [6.45, 7) is 6.13. The summed E-state index contributed by atoms with van der Waals surface area (Å²) < 4.78 is 0. The number of rotatable bonds is 4. The Kier molecular flexibility index (Phi) is 3.50. The third-order valence-corrected chi connectivity index (χ3v) is 3.40. The van der Waals surface area contributed by atoms with Crippen LogP contribution in [0.5, 0.6) is 0 Å². The second kappa shape index (κ2) is 5.45. The molecule has 1 N–H and O–H groups in total. The molecule has 0 saturated carbocycles. The van der Waals surface area contributed by atoms with Crippen LogP contribution in [-0.4, -0.2) is 34.1 Å². The monoisotopic (exact) mass is 269 g/mol. The number of nitrogens with zero attached hydrogens (tertiary/aromatic N) is 4. The lowest BCUT2D eigenvalue weighted by Crippen LogP contribution is -2.45. The van der Waals surface area contributed by atoms with E-state index in [1.54, 1.807) is 6.33 Å². The van der Waals surface area contributed by atoms with Crippen LogP contribution in [0.1, 0.15) is 25.5 Å². The van der Waals surface area contributed by atoms with E-state index in [0.717, 1.165) is 24.7 Å². The number of anilines is 2. The molecule has 0 spiro atoms. The largest absolute Gasteiger partial charge is 0.368 e. The van der Waals surface area contributed by atoms with Gasteiger partial charge >= 0.3 is 0 Å². The molecule has 1 aliphatic rings. The zero-order valence-corrected chi connectivity index (χ0v) is 11.8. The zero-order valence-electron chi connectivity index (χ0n) is 11.8. The maximum atomic E-state index is 4.41. The van der Waals surface area contributed by atoms with Gasteiger partial charge in [-0.05, 0) is 26.0 Å². The van der Waals surface area contributed by atoms with Crippen LogP contribution < -0.4 is 10.2 Å². The molecule has 2 aromatic heterocycles. The third-order valence-electron chi connectivity index (χ3n) is 3.40. The predicted octanol–water partition coefficient (Wildman–Crippen LogP) is 2.30. The van der Waals surface area contributed by atoms with Crippen LogP contribution in [0.2, 0.25) is 0 Å². The summed E-state index contributed by atoms with van der Waals surface area (Å²) >= 11 is 0. The number of hydrogen-bond acceptors (Lipinski definition) is 5. The van der Waals surface area contributed by atoms with Gasteiger partial charge in [-0.25, -0.2) is 9.97 Å². The standard InChI is InChI=1S/C15H19N5/c1-11(2)19-14-7-15(18-10-17-14)20-8-12(9-20)13-5-3-4-6-16-13/h3-7,10-12H,8-9H2,1-2H3,(H,17,18,19). The highest BCUT2D eigenvalue weighted by Crippen LogP contribution is 2.29. The van der Waals surface area contributed by atoms with E-state index in [-0.39, 0.29) is 0 Å². The topological polar surface area (TPSA) is 53.9 Å². The number of nitrogens with one attached hydrogen (secondary N) is 1. The number of aromatic nitrogens is 3. The lowest BCUT2D eigenvalue weighted by molar-refractivity contribution is 0.509. The van der Waals surface area contributed by atoms with Crippen molar-refractivity contribution in [1.29, 1.82) is 0 Å². The van der Waals surface area contributed by atoms with Crippen LogP contribution in [0.25, 0.3) is 0 Å². The van der Waals surface area contributed by atoms with Gasteiger partial charge in [0.05, 0.1) is 0 Å². The lowest BCUT2D eigenvalue weighted by Gasteiger charge is -2.39. The molecule has 0 unspecified atom stereocenters. The fourth-order valence-corrected chi connectivity index (χ4v) is 2.36. The number of hydrogen-bond donors (Lipinski definition) is 1. The van der Waals surface area contributed by atoms with E-state index in [0.29, 0.717) is 12.0 Å². The van der Waals surface area contributed by atoms with E-state index in [1.165, 1.54) is 5.69 Å². The summed E-state index contributed by atoms with van der Waals surface area (Å²) in [6.07, 6.45) is 3.47. The van der Waals surface area contributed by atoms with Crippen molar-refractivity contribution >= 4 is 11.6 Å². The summed E-state index contributed by atoms with van der Waals surface area (Å²) in [5.74, 6) is 2.37. The van der Waals surface area contributed by atoms with Gasteiger partial charge in [0.2, 0.25) is 0 Å². The number of pyridine rings is 1. The average Bonchev–Trinajstić information content (AvgIpc) is 2.38. The minimum Gasteiger partial charge on any atom is -0.368 e. The quantitative estimate of drug-likeness (QED) is 0.923. The SMILES string of the molecule is CC(C)Nc1cc(N2CC(c3ccccn3)C2)ncn1. The van der Waals surface area contributed by atoms with Crippen LogP contribution in [0.4, 0.5) is 11.6 Å². The Balaban J connectivity index is 1.65. The zero-order chi connectivity index (χ0) is 13.9. The maximum Gasteiger partial charge on any atom is 0.134 e. The Morgan fingerprint density at radius 1 is 1.20 bits per heavy atom. The molecule has 104 valence electrons. The Morgan fingerprint density at radius 3 is 2.75 bits per heavy atom. The molecule has 20 heavy (non-hydrogen) atoms. The van der Waals surface area contributed by atoms with Gasteiger partial charge in [0, 0.05) is 43.0 Å². The van der Waals surface area contributed by atoms with E-state index < -0.39 is 0 Å². The minimum absolute atomic E-state index is 0.371. The van der Waals surface area contributed by atoms with Gasteiger partial charge in [-0.1, -0.05) is 6.07 Å². The molecule has 0 bridgehead atoms. The maximum absolute atomic E-state index is 4.41. The highest BCUT2D eigenvalue weighted by Gasteiger charge is 2.30. The second-order valence-corrected chi connectivity index (χ2v) is 5.42. The van der Waals surface area contributed by atoms with Gasteiger partial charge in [0.1, 0.15) is 18.0 Å². The van der Waals surface area contributed by atoms with Gasteiger partial charge in [0.25, 0.3) is 0 Å². The molecule has 3 heterocycles. The predicted molar refractivity (Wildman–Crippen MR) is 80.0 cm³/mol. The Morgan fingerprint density at radius 2 is 2.05 bits per heavy atom. The van der Waals surface area contributed by atoms with Crippen molar-refractivity contribution < 1.29 is 0 Å². The molecular weight excluding hydrogens is 250 g/mol. The van der Waals surface area contributed by atoms with Crippen LogP contribution in [-0.2, 0) is 0 Å². The smallest absolute Gasteiger partial charge is 0.134 e. The molecule has 2 aromatic rings. The highest BCUT2D eigenvalue weighted by atomic mass is 15.2. The molecule has 1 saturated heterocycles. The fourth-order valence-electron chi connectivity index (χ4n) is 2.36. The molecule has 0 aromatic carbocycles. The first-order valence-corrected chi connectivity index (χ1v) is 6.97. The Hall–Kier alpha value is -2.17. The van der Waals surface area contributed by atoms with E-state index in [9.17, 15) is 0 Å². The van der Waals surface area contributed by atoms with Crippen molar-refractivity contribution in [2.45, 2.75) is 25.8 Å². The molecule has 0 radical (unpaired) electrons. The van der Waals surface area contributed by atoms with Gasteiger partial charge in [-0.3, -0.25) is 4.98 Å². The van der Waals surface area contributed by atoms with E-state index >= 15 is 0 Å². The van der Waals surface area contributed by atoms with Gasteiger partial charge < -0.3 is 10.2 Å². The van der Waals surface area contributed by atoms with Crippen molar-refractivity contribution in [3.05, 3.63) is 42.5 Å².